The topological polar surface area (TPSA) is 67.2 Å². The normalized spacial score (nSPS) is 10.8. The summed E-state index contributed by atoms with van der Waals surface area (Å²) in [4.78, 5) is 11.9. The van der Waals surface area contributed by atoms with Crippen LogP contribution < -0.4 is 5.32 Å². The van der Waals surface area contributed by atoms with Crippen LogP contribution in [0.25, 0.3) is 16.8 Å². The first kappa shape index (κ1) is 20.4. The maximum absolute atomic E-state index is 11.9. The molecule has 0 fully saturated rings. The zero-order chi connectivity index (χ0) is 22.1. The van der Waals surface area contributed by atoms with E-state index in [1.807, 2.05) is 61.9 Å². The molecule has 0 amide bonds. The number of carboxylic acid groups (broad SMARTS) is 1. The van der Waals surface area contributed by atoms with Crippen molar-refractivity contribution in [3.63, 3.8) is 0 Å². The van der Waals surface area contributed by atoms with E-state index >= 15 is 0 Å². The lowest BCUT2D eigenvalue weighted by Crippen LogP contribution is -2.08. The summed E-state index contributed by atoms with van der Waals surface area (Å²) in [5.41, 5.74) is 7.67. The molecule has 0 unspecified atom stereocenters. The molecule has 0 saturated carbocycles. The number of aryl methyl sites for hydroxylation is 4. The van der Waals surface area contributed by atoms with Gasteiger partial charge in [0.05, 0.1) is 22.6 Å². The minimum atomic E-state index is -0.971. The summed E-state index contributed by atoms with van der Waals surface area (Å²) in [7, 11) is 0. The molecule has 5 heteroatoms. The molecule has 5 nitrogen and oxygen atoms in total. The lowest BCUT2D eigenvalue weighted by Gasteiger charge is -2.16. The van der Waals surface area contributed by atoms with Gasteiger partial charge >= 0.3 is 5.97 Å². The number of aromatic carboxylic acids is 1. The fourth-order valence-electron chi connectivity index (χ4n) is 3.76. The van der Waals surface area contributed by atoms with Crippen LogP contribution >= 0.6 is 0 Å². The van der Waals surface area contributed by atoms with Crippen molar-refractivity contribution in [3.8, 4) is 16.8 Å². The van der Waals surface area contributed by atoms with E-state index in [0.717, 1.165) is 39.5 Å². The van der Waals surface area contributed by atoms with Crippen molar-refractivity contribution >= 4 is 17.5 Å². The third-order valence-corrected chi connectivity index (χ3v) is 5.40. The first-order valence-corrected chi connectivity index (χ1v) is 10.2. The van der Waals surface area contributed by atoms with E-state index in [1.165, 1.54) is 5.56 Å². The van der Waals surface area contributed by atoms with E-state index in [2.05, 4.69) is 36.5 Å². The molecule has 1 heterocycles. The van der Waals surface area contributed by atoms with Gasteiger partial charge in [-0.1, -0.05) is 59.7 Å². The summed E-state index contributed by atoms with van der Waals surface area (Å²) < 4.78 is 1.87. The SMILES string of the molecule is Cc1ccc(-c2c(C)nn(-c3ccccc3C)c2Nc2ccc(C)cc2C(=O)O)cc1. The lowest BCUT2D eigenvalue weighted by atomic mass is 10.0. The number of carboxylic acids is 1. The van der Waals surface area contributed by atoms with E-state index in [0.29, 0.717) is 5.69 Å². The summed E-state index contributed by atoms with van der Waals surface area (Å²) in [6.07, 6.45) is 0. The molecule has 0 aliphatic rings. The number of anilines is 2. The van der Waals surface area contributed by atoms with Crippen LogP contribution in [0.3, 0.4) is 0 Å². The number of hydrogen-bond donors (Lipinski definition) is 2. The Hall–Kier alpha value is -3.86. The smallest absolute Gasteiger partial charge is 0.337 e. The Bertz CT molecular complexity index is 1270. The highest BCUT2D eigenvalue weighted by Gasteiger charge is 2.21. The van der Waals surface area contributed by atoms with E-state index in [4.69, 9.17) is 5.10 Å². The van der Waals surface area contributed by atoms with Gasteiger partial charge in [0, 0.05) is 5.56 Å². The molecule has 1 aromatic heterocycles. The van der Waals surface area contributed by atoms with Gasteiger partial charge in [-0.2, -0.15) is 5.10 Å². The number of nitrogens with zero attached hydrogens (tertiary/aromatic N) is 2. The summed E-state index contributed by atoms with van der Waals surface area (Å²) in [6, 6.07) is 21.7. The molecule has 3 aromatic carbocycles. The van der Waals surface area contributed by atoms with Gasteiger partial charge in [-0.3, -0.25) is 0 Å². The van der Waals surface area contributed by atoms with Crippen LogP contribution in [0.4, 0.5) is 11.5 Å². The van der Waals surface area contributed by atoms with Crippen molar-refractivity contribution in [2.45, 2.75) is 27.7 Å². The average Bonchev–Trinajstić information content (AvgIpc) is 3.06. The minimum absolute atomic E-state index is 0.227. The second-order valence-corrected chi connectivity index (χ2v) is 7.85. The highest BCUT2D eigenvalue weighted by atomic mass is 16.4. The van der Waals surface area contributed by atoms with Crippen molar-refractivity contribution in [2.75, 3.05) is 5.32 Å². The number of aromatic nitrogens is 2. The number of benzene rings is 3. The molecular formula is C26H25N3O2. The van der Waals surface area contributed by atoms with Crippen molar-refractivity contribution in [1.29, 1.82) is 0 Å². The Morgan fingerprint density at radius 2 is 1.58 bits per heavy atom. The average molecular weight is 412 g/mol. The third-order valence-electron chi connectivity index (χ3n) is 5.40. The zero-order valence-electron chi connectivity index (χ0n) is 18.1. The monoisotopic (exact) mass is 411 g/mol. The molecule has 0 aliphatic heterocycles. The Balaban J connectivity index is 1.96. The first-order chi connectivity index (χ1) is 14.8. The van der Waals surface area contributed by atoms with Crippen molar-refractivity contribution < 1.29 is 9.90 Å². The van der Waals surface area contributed by atoms with Crippen molar-refractivity contribution in [2.24, 2.45) is 0 Å². The van der Waals surface area contributed by atoms with Crippen molar-refractivity contribution in [3.05, 3.63) is 94.7 Å². The van der Waals surface area contributed by atoms with Crippen LogP contribution in [-0.4, -0.2) is 20.9 Å². The van der Waals surface area contributed by atoms with E-state index in [-0.39, 0.29) is 5.56 Å². The fourth-order valence-corrected chi connectivity index (χ4v) is 3.76. The number of hydrogen-bond acceptors (Lipinski definition) is 3. The summed E-state index contributed by atoms with van der Waals surface area (Å²) >= 11 is 0. The van der Waals surface area contributed by atoms with Crippen molar-refractivity contribution in [1.82, 2.24) is 9.78 Å². The number of rotatable bonds is 5. The fraction of sp³-hybridized carbons (Fsp3) is 0.154. The molecule has 156 valence electrons. The molecule has 4 aromatic rings. The predicted octanol–water partition coefficient (Wildman–Crippen LogP) is 6.21. The molecule has 0 spiro atoms. The van der Waals surface area contributed by atoms with Gasteiger partial charge in [-0.05, 0) is 57.0 Å². The van der Waals surface area contributed by atoms with Gasteiger partial charge < -0.3 is 10.4 Å². The molecule has 0 bridgehead atoms. The molecule has 2 N–H and O–H groups in total. The Morgan fingerprint density at radius 1 is 0.903 bits per heavy atom. The zero-order valence-corrected chi connectivity index (χ0v) is 18.1. The number of para-hydroxylation sites is 1. The molecule has 0 saturated heterocycles. The van der Waals surface area contributed by atoms with Crippen LogP contribution in [0, 0.1) is 27.7 Å². The standard InChI is InChI=1S/C26H25N3O2/c1-16-9-12-20(13-10-16)24-19(4)28-29(23-8-6-5-7-18(23)3)25(24)27-22-14-11-17(2)15-21(22)26(30)31/h5-15,27H,1-4H3,(H,30,31). The molecule has 0 atom stereocenters. The number of nitrogens with one attached hydrogen (secondary N) is 1. The molecule has 31 heavy (non-hydrogen) atoms. The van der Waals surface area contributed by atoms with Gasteiger partial charge in [-0.15, -0.1) is 0 Å². The largest absolute Gasteiger partial charge is 0.478 e. The van der Waals surface area contributed by atoms with Crippen LogP contribution in [-0.2, 0) is 0 Å². The van der Waals surface area contributed by atoms with Gasteiger partial charge in [-0.25, -0.2) is 9.48 Å². The molecule has 0 radical (unpaired) electrons. The predicted molar refractivity (Wildman–Crippen MR) is 125 cm³/mol. The van der Waals surface area contributed by atoms with E-state index in [1.54, 1.807) is 6.07 Å². The maximum Gasteiger partial charge on any atom is 0.337 e. The van der Waals surface area contributed by atoms with Gasteiger partial charge in [0.25, 0.3) is 0 Å². The Labute approximate surface area is 182 Å². The van der Waals surface area contributed by atoms with Crippen LogP contribution in [0.5, 0.6) is 0 Å². The summed E-state index contributed by atoms with van der Waals surface area (Å²) in [5, 5.41) is 18.0. The molecular weight excluding hydrogens is 386 g/mol. The van der Waals surface area contributed by atoms with Gasteiger partial charge in [0.1, 0.15) is 5.82 Å². The molecule has 4 rings (SSSR count). The second kappa shape index (κ2) is 8.11. The number of carbonyl (C=O) groups is 1. The molecule has 0 aliphatic carbocycles. The van der Waals surface area contributed by atoms with Crippen LogP contribution in [0.15, 0.2) is 66.7 Å². The van der Waals surface area contributed by atoms with E-state index in [9.17, 15) is 9.90 Å². The summed E-state index contributed by atoms with van der Waals surface area (Å²) in [5.74, 6) is -0.233. The van der Waals surface area contributed by atoms with E-state index < -0.39 is 5.97 Å². The highest BCUT2D eigenvalue weighted by molar-refractivity contribution is 5.96. The quantitative estimate of drug-likeness (QED) is 0.409. The summed E-state index contributed by atoms with van der Waals surface area (Å²) in [6.45, 7) is 7.95. The lowest BCUT2D eigenvalue weighted by molar-refractivity contribution is 0.0698. The minimum Gasteiger partial charge on any atom is -0.478 e. The van der Waals surface area contributed by atoms with Crippen LogP contribution in [0.2, 0.25) is 0 Å². The van der Waals surface area contributed by atoms with Gasteiger partial charge in [0.2, 0.25) is 0 Å². The maximum atomic E-state index is 11.9. The third kappa shape index (κ3) is 3.94. The Kier molecular flexibility index (Phi) is 5.34. The second-order valence-electron chi connectivity index (χ2n) is 7.85. The van der Waals surface area contributed by atoms with Crippen LogP contribution in [0.1, 0.15) is 32.7 Å². The van der Waals surface area contributed by atoms with Gasteiger partial charge in [0.15, 0.2) is 0 Å². The first-order valence-electron chi connectivity index (χ1n) is 10.2. The Morgan fingerprint density at radius 3 is 2.26 bits per heavy atom. The highest BCUT2D eigenvalue weighted by Crippen LogP contribution is 2.36.